The molecular weight excluding hydrogens is 206 g/mol. The molecule has 0 amide bonds. The maximum Gasteiger partial charge on any atom is 0.0438 e. The van der Waals surface area contributed by atoms with Gasteiger partial charge in [-0.05, 0) is 37.0 Å². The van der Waals surface area contributed by atoms with Gasteiger partial charge in [-0.2, -0.15) is 0 Å². The second kappa shape index (κ2) is 5.34. The van der Waals surface area contributed by atoms with Crippen LogP contribution in [-0.4, -0.2) is 0 Å². The molecule has 82 valence electrons. The fraction of sp³-hybridized carbons (Fsp3) is 0.385. The first-order valence-corrected chi connectivity index (χ1v) is 5.61. The zero-order valence-electron chi connectivity index (χ0n) is 9.39. The summed E-state index contributed by atoms with van der Waals surface area (Å²) in [5.74, 6) is 0. The molecule has 1 aromatic rings. The fourth-order valence-electron chi connectivity index (χ4n) is 1.59. The van der Waals surface area contributed by atoms with Gasteiger partial charge in [0.2, 0.25) is 0 Å². The number of benzene rings is 1. The van der Waals surface area contributed by atoms with Crippen molar-refractivity contribution >= 4 is 11.6 Å². The van der Waals surface area contributed by atoms with Gasteiger partial charge in [-0.25, -0.2) is 0 Å². The van der Waals surface area contributed by atoms with Crippen LogP contribution in [-0.2, 0) is 0 Å². The van der Waals surface area contributed by atoms with Gasteiger partial charge >= 0.3 is 0 Å². The van der Waals surface area contributed by atoms with Crippen LogP contribution in [0.2, 0.25) is 5.02 Å². The van der Waals surface area contributed by atoms with Gasteiger partial charge < -0.3 is 5.73 Å². The minimum atomic E-state index is 0.0103. The minimum Gasteiger partial charge on any atom is -0.324 e. The van der Waals surface area contributed by atoms with Crippen molar-refractivity contribution in [3.05, 3.63) is 46.5 Å². The van der Waals surface area contributed by atoms with Crippen LogP contribution < -0.4 is 5.73 Å². The summed E-state index contributed by atoms with van der Waals surface area (Å²) >= 11 is 6.05. The van der Waals surface area contributed by atoms with Crippen molar-refractivity contribution in [3.63, 3.8) is 0 Å². The lowest BCUT2D eigenvalue weighted by molar-refractivity contribution is 0.697. The van der Waals surface area contributed by atoms with Gasteiger partial charge in [-0.1, -0.05) is 42.8 Å². The van der Waals surface area contributed by atoms with E-state index in [2.05, 4.69) is 13.5 Å². The molecule has 15 heavy (non-hydrogen) atoms. The van der Waals surface area contributed by atoms with E-state index in [0.29, 0.717) is 0 Å². The summed E-state index contributed by atoms with van der Waals surface area (Å²) < 4.78 is 0. The topological polar surface area (TPSA) is 26.0 Å². The van der Waals surface area contributed by atoms with Crippen LogP contribution in [0.15, 0.2) is 30.4 Å². The number of hydrogen-bond donors (Lipinski definition) is 1. The number of hydrogen-bond acceptors (Lipinski definition) is 1. The molecule has 0 aliphatic rings. The Morgan fingerprint density at radius 3 is 2.80 bits per heavy atom. The molecule has 0 heterocycles. The molecule has 2 heteroatoms. The van der Waals surface area contributed by atoms with Gasteiger partial charge in [0.05, 0.1) is 0 Å². The summed E-state index contributed by atoms with van der Waals surface area (Å²) in [5.41, 5.74) is 9.51. The third kappa shape index (κ3) is 3.08. The van der Waals surface area contributed by atoms with Crippen molar-refractivity contribution in [2.75, 3.05) is 0 Å². The molecule has 0 bridgehead atoms. The van der Waals surface area contributed by atoms with Crippen molar-refractivity contribution in [3.8, 4) is 0 Å². The summed E-state index contributed by atoms with van der Waals surface area (Å²) in [6, 6.07) is 5.88. The molecule has 1 unspecified atom stereocenters. The van der Waals surface area contributed by atoms with E-state index >= 15 is 0 Å². The first-order valence-electron chi connectivity index (χ1n) is 5.23. The van der Waals surface area contributed by atoms with E-state index < -0.39 is 0 Å². The molecular formula is C13H18ClN. The Kier molecular flexibility index (Phi) is 4.37. The number of rotatable bonds is 4. The standard InChI is InChI=1S/C13H18ClN/c1-4-9(2)8-13(15)11-6-5-7-12(14)10(11)3/h5-7,13H,2,4,8,15H2,1,3H3. The van der Waals surface area contributed by atoms with Crippen LogP contribution in [0.25, 0.3) is 0 Å². The molecule has 0 radical (unpaired) electrons. The summed E-state index contributed by atoms with van der Waals surface area (Å²) in [5, 5.41) is 0.782. The third-order valence-electron chi connectivity index (χ3n) is 2.72. The molecule has 0 saturated heterocycles. The first kappa shape index (κ1) is 12.3. The highest BCUT2D eigenvalue weighted by Crippen LogP contribution is 2.26. The van der Waals surface area contributed by atoms with Crippen LogP contribution in [0.3, 0.4) is 0 Å². The lowest BCUT2D eigenvalue weighted by Gasteiger charge is -2.16. The Balaban J connectivity index is 2.86. The molecule has 0 aromatic heterocycles. The van der Waals surface area contributed by atoms with Crippen LogP contribution in [0.4, 0.5) is 0 Å². The summed E-state index contributed by atoms with van der Waals surface area (Å²) in [6.07, 6.45) is 1.81. The van der Waals surface area contributed by atoms with Gasteiger partial charge in [0, 0.05) is 11.1 Å². The van der Waals surface area contributed by atoms with Crippen LogP contribution >= 0.6 is 11.6 Å². The molecule has 0 saturated carbocycles. The number of nitrogens with two attached hydrogens (primary N) is 1. The maximum absolute atomic E-state index is 6.12. The molecule has 1 aromatic carbocycles. The Morgan fingerprint density at radius 2 is 2.20 bits per heavy atom. The lowest BCUT2D eigenvalue weighted by Crippen LogP contribution is -2.12. The quantitative estimate of drug-likeness (QED) is 0.768. The van der Waals surface area contributed by atoms with Crippen LogP contribution in [0.1, 0.15) is 36.9 Å². The Bertz CT molecular complexity index is 358. The molecule has 0 aliphatic heterocycles. The van der Waals surface area contributed by atoms with E-state index in [0.717, 1.165) is 29.0 Å². The molecule has 0 spiro atoms. The van der Waals surface area contributed by atoms with Gasteiger partial charge in [0.25, 0.3) is 0 Å². The van der Waals surface area contributed by atoms with Gasteiger partial charge in [-0.15, -0.1) is 0 Å². The maximum atomic E-state index is 6.12. The second-order valence-corrected chi connectivity index (χ2v) is 4.28. The largest absolute Gasteiger partial charge is 0.324 e. The van der Waals surface area contributed by atoms with E-state index in [9.17, 15) is 0 Å². The summed E-state index contributed by atoms with van der Waals surface area (Å²) in [7, 11) is 0. The normalized spacial score (nSPS) is 12.5. The monoisotopic (exact) mass is 223 g/mol. The molecule has 0 aliphatic carbocycles. The average molecular weight is 224 g/mol. The van der Waals surface area contributed by atoms with E-state index in [1.54, 1.807) is 0 Å². The predicted octanol–water partition coefficient (Wildman–Crippen LogP) is 4.00. The van der Waals surface area contributed by atoms with Gasteiger partial charge in [0.1, 0.15) is 0 Å². The van der Waals surface area contributed by atoms with E-state index in [1.165, 1.54) is 5.57 Å². The zero-order chi connectivity index (χ0) is 11.4. The van der Waals surface area contributed by atoms with Crippen molar-refractivity contribution in [2.24, 2.45) is 5.73 Å². The highest BCUT2D eigenvalue weighted by molar-refractivity contribution is 6.31. The Hall–Kier alpha value is -0.790. The lowest BCUT2D eigenvalue weighted by atomic mass is 9.96. The molecule has 0 fully saturated rings. The molecule has 2 N–H and O–H groups in total. The Morgan fingerprint density at radius 1 is 1.53 bits per heavy atom. The van der Waals surface area contributed by atoms with Crippen molar-refractivity contribution in [1.82, 2.24) is 0 Å². The zero-order valence-corrected chi connectivity index (χ0v) is 10.1. The van der Waals surface area contributed by atoms with Gasteiger partial charge in [0.15, 0.2) is 0 Å². The highest BCUT2D eigenvalue weighted by Gasteiger charge is 2.11. The minimum absolute atomic E-state index is 0.0103. The van der Waals surface area contributed by atoms with E-state index in [-0.39, 0.29) is 6.04 Å². The van der Waals surface area contributed by atoms with Crippen molar-refractivity contribution in [2.45, 2.75) is 32.7 Å². The predicted molar refractivity (Wildman–Crippen MR) is 67.2 cm³/mol. The average Bonchev–Trinajstić information content (AvgIpc) is 2.21. The highest BCUT2D eigenvalue weighted by atomic mass is 35.5. The third-order valence-corrected chi connectivity index (χ3v) is 3.13. The van der Waals surface area contributed by atoms with E-state index in [4.69, 9.17) is 17.3 Å². The molecule has 1 rings (SSSR count). The first-order chi connectivity index (χ1) is 7.06. The van der Waals surface area contributed by atoms with E-state index in [1.807, 2.05) is 25.1 Å². The smallest absolute Gasteiger partial charge is 0.0438 e. The van der Waals surface area contributed by atoms with Crippen LogP contribution in [0, 0.1) is 6.92 Å². The number of halogens is 1. The van der Waals surface area contributed by atoms with Gasteiger partial charge in [-0.3, -0.25) is 0 Å². The van der Waals surface area contributed by atoms with Crippen molar-refractivity contribution < 1.29 is 0 Å². The fourth-order valence-corrected chi connectivity index (χ4v) is 1.77. The summed E-state index contributed by atoms with van der Waals surface area (Å²) in [6.45, 7) is 8.08. The second-order valence-electron chi connectivity index (χ2n) is 3.87. The molecule has 1 nitrogen and oxygen atoms in total. The van der Waals surface area contributed by atoms with Crippen molar-refractivity contribution in [1.29, 1.82) is 0 Å². The molecule has 1 atom stereocenters. The SMILES string of the molecule is C=C(CC)CC(N)c1cccc(Cl)c1C. The van der Waals surface area contributed by atoms with Crippen LogP contribution in [0.5, 0.6) is 0 Å². The Labute approximate surface area is 96.9 Å². The summed E-state index contributed by atoms with van der Waals surface area (Å²) in [4.78, 5) is 0.